The second-order valence-corrected chi connectivity index (χ2v) is 6.26. The largest absolute Gasteiger partial charge is 0.392 e. The molecule has 1 aliphatic carbocycles. The van der Waals surface area contributed by atoms with Gasteiger partial charge in [0.25, 0.3) is 0 Å². The average Bonchev–Trinajstić information content (AvgIpc) is 2.61. The number of aliphatic hydroxyl groups excluding tert-OH is 4. The Morgan fingerprint density at radius 1 is 0.792 bits per heavy atom. The number of rotatable bonds is 4. The highest BCUT2D eigenvalue weighted by molar-refractivity contribution is 5.36. The zero-order valence-electron chi connectivity index (χ0n) is 13.3. The molecule has 4 heteroatoms. The Kier molecular flexibility index (Phi) is 5.11. The van der Waals surface area contributed by atoms with E-state index >= 15 is 0 Å². The van der Waals surface area contributed by atoms with Crippen molar-refractivity contribution < 1.29 is 20.4 Å². The fraction of sp³-hybridized carbons (Fsp3) is 0.300. The number of aliphatic hydroxyl groups is 4. The van der Waals surface area contributed by atoms with Crippen molar-refractivity contribution in [2.75, 3.05) is 6.61 Å². The zero-order chi connectivity index (χ0) is 17.1. The van der Waals surface area contributed by atoms with E-state index < -0.39 is 24.2 Å². The molecule has 0 aliphatic heterocycles. The summed E-state index contributed by atoms with van der Waals surface area (Å²) in [6.07, 6.45) is -1.21. The third-order valence-corrected chi connectivity index (χ3v) is 4.58. The van der Waals surface area contributed by atoms with Crippen LogP contribution in [0.4, 0.5) is 0 Å². The second-order valence-electron chi connectivity index (χ2n) is 6.26. The summed E-state index contributed by atoms with van der Waals surface area (Å²) in [7, 11) is 0. The third-order valence-electron chi connectivity index (χ3n) is 4.58. The minimum Gasteiger partial charge on any atom is -0.392 e. The van der Waals surface area contributed by atoms with Crippen molar-refractivity contribution in [2.24, 2.45) is 0 Å². The van der Waals surface area contributed by atoms with Crippen LogP contribution in [0.1, 0.15) is 22.6 Å². The van der Waals surface area contributed by atoms with Gasteiger partial charge < -0.3 is 20.4 Å². The van der Waals surface area contributed by atoms with Crippen LogP contribution in [0.2, 0.25) is 0 Å². The van der Waals surface area contributed by atoms with Crippen molar-refractivity contribution in [3.05, 3.63) is 82.9 Å². The molecule has 4 atom stereocenters. The molecule has 4 N–H and O–H groups in total. The van der Waals surface area contributed by atoms with E-state index in [4.69, 9.17) is 0 Å². The molecule has 4 nitrogen and oxygen atoms in total. The molecule has 0 bridgehead atoms. The summed E-state index contributed by atoms with van der Waals surface area (Å²) in [6, 6.07) is 17.9. The molecule has 0 fully saturated rings. The molecule has 2 aromatic carbocycles. The molecule has 0 saturated heterocycles. The Morgan fingerprint density at radius 2 is 1.50 bits per heavy atom. The lowest BCUT2D eigenvalue weighted by Gasteiger charge is -2.34. The molecule has 0 spiro atoms. The number of benzene rings is 2. The summed E-state index contributed by atoms with van der Waals surface area (Å²) >= 11 is 0. The summed E-state index contributed by atoms with van der Waals surface area (Å²) < 4.78 is 0. The molecule has 126 valence electrons. The van der Waals surface area contributed by atoms with Crippen LogP contribution in [0.3, 0.4) is 0 Å². The first-order valence-corrected chi connectivity index (χ1v) is 8.08. The van der Waals surface area contributed by atoms with Crippen LogP contribution in [0.5, 0.6) is 0 Å². The van der Waals surface area contributed by atoms with E-state index in [-0.39, 0.29) is 6.61 Å². The summed E-state index contributed by atoms with van der Waals surface area (Å²) in [5.74, 6) is -0.457. The van der Waals surface area contributed by atoms with Crippen molar-refractivity contribution in [1.29, 1.82) is 0 Å². The van der Waals surface area contributed by atoms with Gasteiger partial charge in [-0.25, -0.2) is 0 Å². The van der Waals surface area contributed by atoms with Crippen LogP contribution in [0.15, 0.2) is 66.2 Å². The van der Waals surface area contributed by atoms with Gasteiger partial charge in [-0.15, -0.1) is 0 Å². The molecule has 0 radical (unpaired) electrons. The second kappa shape index (κ2) is 7.28. The van der Waals surface area contributed by atoms with Gasteiger partial charge in [0.05, 0.1) is 12.7 Å². The van der Waals surface area contributed by atoms with Crippen LogP contribution in [0.25, 0.3) is 0 Å². The molecule has 0 heterocycles. The first-order chi connectivity index (χ1) is 11.6. The van der Waals surface area contributed by atoms with E-state index in [1.807, 2.05) is 42.5 Å². The highest BCUT2D eigenvalue weighted by Gasteiger charge is 2.37. The molecular weight excluding hydrogens is 304 g/mol. The summed E-state index contributed by atoms with van der Waals surface area (Å²) in [4.78, 5) is 0. The van der Waals surface area contributed by atoms with Crippen LogP contribution in [0, 0.1) is 0 Å². The molecule has 3 rings (SSSR count). The quantitative estimate of drug-likeness (QED) is 0.640. The van der Waals surface area contributed by atoms with Gasteiger partial charge in [-0.05, 0) is 28.7 Å². The Balaban J connectivity index is 1.89. The third kappa shape index (κ3) is 3.42. The Morgan fingerprint density at radius 3 is 2.21 bits per heavy atom. The normalized spacial score (nSPS) is 26.9. The lowest BCUT2D eigenvalue weighted by Crippen LogP contribution is -2.45. The van der Waals surface area contributed by atoms with Gasteiger partial charge in [-0.1, -0.05) is 60.7 Å². The first-order valence-electron chi connectivity index (χ1n) is 8.08. The SMILES string of the molecule is OCC1=C[C@H](c2cccc(Cc3ccccc3)c2)[C@H](O)[C@@H](O)[C@@H]1O. The van der Waals surface area contributed by atoms with E-state index in [2.05, 4.69) is 12.1 Å². The van der Waals surface area contributed by atoms with Gasteiger partial charge >= 0.3 is 0 Å². The van der Waals surface area contributed by atoms with Gasteiger partial charge in [0.1, 0.15) is 12.2 Å². The topological polar surface area (TPSA) is 80.9 Å². The van der Waals surface area contributed by atoms with E-state index in [9.17, 15) is 20.4 Å². The maximum absolute atomic E-state index is 10.3. The molecular formula is C20H22O4. The molecule has 0 unspecified atom stereocenters. The summed E-state index contributed by atoms with van der Waals surface area (Å²) in [5.41, 5.74) is 3.49. The van der Waals surface area contributed by atoms with Gasteiger partial charge in [-0.2, -0.15) is 0 Å². The predicted octanol–water partition coefficient (Wildman–Crippen LogP) is 1.38. The summed E-state index contributed by atoms with van der Waals surface area (Å²) in [6.45, 7) is -0.342. The number of hydrogen-bond acceptors (Lipinski definition) is 4. The van der Waals surface area contributed by atoms with Gasteiger partial charge in [0.2, 0.25) is 0 Å². The van der Waals surface area contributed by atoms with Crippen molar-refractivity contribution in [3.8, 4) is 0 Å². The van der Waals surface area contributed by atoms with E-state index in [0.717, 1.165) is 17.5 Å². The van der Waals surface area contributed by atoms with Crippen LogP contribution in [-0.2, 0) is 6.42 Å². The maximum atomic E-state index is 10.3. The molecule has 0 saturated carbocycles. The summed E-state index contributed by atoms with van der Waals surface area (Å²) in [5, 5.41) is 39.6. The Hall–Kier alpha value is -1.98. The molecule has 24 heavy (non-hydrogen) atoms. The number of hydrogen-bond donors (Lipinski definition) is 4. The molecule has 2 aromatic rings. The Labute approximate surface area is 141 Å². The fourth-order valence-electron chi connectivity index (χ4n) is 3.23. The van der Waals surface area contributed by atoms with Gasteiger partial charge in [0.15, 0.2) is 0 Å². The molecule has 0 amide bonds. The van der Waals surface area contributed by atoms with E-state index in [1.54, 1.807) is 6.08 Å². The standard InChI is InChI=1S/C20H22O4/c21-12-16-11-17(19(23)20(24)18(16)22)15-8-4-7-14(10-15)9-13-5-2-1-3-6-13/h1-8,10-11,17-24H,9,12H2/t17-,18-,19+,20+/m1/s1. The highest BCUT2D eigenvalue weighted by atomic mass is 16.4. The lowest BCUT2D eigenvalue weighted by molar-refractivity contribution is -0.0608. The van der Waals surface area contributed by atoms with Crippen LogP contribution < -0.4 is 0 Å². The Bertz CT molecular complexity index is 711. The van der Waals surface area contributed by atoms with Crippen molar-refractivity contribution in [3.63, 3.8) is 0 Å². The van der Waals surface area contributed by atoms with E-state index in [0.29, 0.717) is 5.57 Å². The lowest BCUT2D eigenvalue weighted by atomic mass is 9.79. The highest BCUT2D eigenvalue weighted by Crippen LogP contribution is 2.32. The zero-order valence-corrected chi connectivity index (χ0v) is 13.3. The minimum absolute atomic E-state index is 0.339. The minimum atomic E-state index is -1.31. The van der Waals surface area contributed by atoms with Gasteiger partial charge in [0, 0.05) is 5.92 Å². The van der Waals surface area contributed by atoms with E-state index in [1.165, 1.54) is 5.56 Å². The van der Waals surface area contributed by atoms with Crippen LogP contribution >= 0.6 is 0 Å². The van der Waals surface area contributed by atoms with Crippen molar-refractivity contribution in [2.45, 2.75) is 30.7 Å². The van der Waals surface area contributed by atoms with Gasteiger partial charge in [-0.3, -0.25) is 0 Å². The van der Waals surface area contributed by atoms with Crippen molar-refractivity contribution >= 4 is 0 Å². The average molecular weight is 326 g/mol. The maximum Gasteiger partial charge on any atom is 0.111 e. The fourth-order valence-corrected chi connectivity index (χ4v) is 3.23. The van der Waals surface area contributed by atoms with Crippen LogP contribution in [-0.4, -0.2) is 45.3 Å². The predicted molar refractivity (Wildman–Crippen MR) is 91.6 cm³/mol. The monoisotopic (exact) mass is 326 g/mol. The smallest absolute Gasteiger partial charge is 0.111 e. The first kappa shape index (κ1) is 16.9. The molecule has 1 aliphatic rings. The van der Waals surface area contributed by atoms with Crippen molar-refractivity contribution in [1.82, 2.24) is 0 Å². The molecule has 0 aromatic heterocycles.